The topological polar surface area (TPSA) is 114 Å². The normalized spacial score (nSPS) is 16.3. The molecule has 1 aromatic carbocycles. The Kier molecular flexibility index (Phi) is 4.24. The van der Waals surface area contributed by atoms with Crippen molar-refractivity contribution in [1.29, 1.82) is 0 Å². The lowest BCUT2D eigenvalue weighted by Crippen LogP contribution is -2.67. The summed E-state index contributed by atoms with van der Waals surface area (Å²) in [5, 5.41) is 5.56. The van der Waals surface area contributed by atoms with E-state index in [0.29, 0.717) is 31.7 Å². The van der Waals surface area contributed by atoms with Gasteiger partial charge in [-0.25, -0.2) is 8.42 Å². The summed E-state index contributed by atoms with van der Waals surface area (Å²) in [7, 11) is -3.23. The van der Waals surface area contributed by atoms with Crippen molar-refractivity contribution < 1.29 is 22.5 Å². The lowest BCUT2D eigenvalue weighted by atomic mass is 10.1. The van der Waals surface area contributed by atoms with E-state index >= 15 is 0 Å². The molecule has 1 fully saturated rings. The zero-order valence-electron chi connectivity index (χ0n) is 13.1. The molecule has 0 bridgehead atoms. The Hall–Kier alpha value is -2.46. The number of nitrogen functional groups attached to an aromatic ring is 1. The van der Waals surface area contributed by atoms with Crippen LogP contribution in [0.2, 0.25) is 0 Å². The Balaban J connectivity index is 1.85. The predicted octanol–water partition coefficient (Wildman–Crippen LogP) is -1.01. The average molecular weight is 352 g/mol. The Morgan fingerprint density at radius 3 is 2.42 bits per heavy atom. The second-order valence-electron chi connectivity index (χ2n) is 5.49. The fraction of sp³-hybridized carbons (Fsp3) is 0.357. The lowest BCUT2D eigenvalue weighted by molar-refractivity contribution is -0.760. The predicted molar refractivity (Wildman–Crippen MR) is 85.4 cm³/mol. The molecule has 0 spiro atoms. The van der Waals surface area contributed by atoms with Crippen molar-refractivity contribution in [2.45, 2.75) is 0 Å². The van der Waals surface area contributed by atoms with Crippen molar-refractivity contribution in [1.82, 2.24) is 9.58 Å². The van der Waals surface area contributed by atoms with Crippen LogP contribution in [0.25, 0.3) is 0 Å². The molecule has 9 nitrogen and oxygen atoms in total. The van der Waals surface area contributed by atoms with Gasteiger partial charge in [-0.05, 0) is 0 Å². The third-order valence-electron chi connectivity index (χ3n) is 3.85. The Labute approximate surface area is 139 Å². The number of carbonyl (C=O) groups is 1. The highest BCUT2D eigenvalue weighted by atomic mass is 32.2. The molecule has 2 aromatic rings. The van der Waals surface area contributed by atoms with Crippen LogP contribution in [0.3, 0.4) is 0 Å². The highest BCUT2D eigenvalue weighted by Gasteiger charge is 2.38. The molecule has 0 unspecified atom stereocenters. The average Bonchev–Trinajstić information content (AvgIpc) is 2.96. The van der Waals surface area contributed by atoms with Gasteiger partial charge in [-0.3, -0.25) is 9.32 Å². The standard InChI is InChI=1S/C14H17N5O4S/c1-24(21,22)18-9-7-17(8-10-18)19-12(14(15)23-16-19)13(20)11-5-3-2-4-6-11/h2-6H,7-10H2,1H3,(H-,15,16,20)/p+1. The number of sulfonamides is 1. The van der Waals surface area contributed by atoms with E-state index in [1.54, 1.807) is 29.3 Å². The van der Waals surface area contributed by atoms with Gasteiger partial charge < -0.3 is 5.73 Å². The molecule has 2 heterocycles. The van der Waals surface area contributed by atoms with Crippen LogP contribution >= 0.6 is 0 Å². The van der Waals surface area contributed by atoms with Crippen molar-refractivity contribution in [2.75, 3.05) is 43.2 Å². The monoisotopic (exact) mass is 352 g/mol. The minimum Gasteiger partial charge on any atom is -0.361 e. The van der Waals surface area contributed by atoms with Gasteiger partial charge in [-0.15, -0.1) is 5.01 Å². The van der Waals surface area contributed by atoms with E-state index in [2.05, 4.69) is 5.27 Å². The van der Waals surface area contributed by atoms with Crippen LogP contribution in [0.1, 0.15) is 16.1 Å². The number of nitrogens with zero attached hydrogens (tertiary/aromatic N) is 4. The van der Waals surface area contributed by atoms with Crippen LogP contribution in [-0.2, 0) is 10.0 Å². The van der Waals surface area contributed by atoms with Gasteiger partial charge in [-0.1, -0.05) is 30.3 Å². The van der Waals surface area contributed by atoms with Gasteiger partial charge in [0.1, 0.15) is 0 Å². The fourth-order valence-electron chi connectivity index (χ4n) is 2.59. The molecule has 0 atom stereocenters. The maximum atomic E-state index is 12.7. The lowest BCUT2D eigenvalue weighted by Gasteiger charge is -2.28. The maximum absolute atomic E-state index is 12.7. The Morgan fingerprint density at radius 2 is 1.83 bits per heavy atom. The largest absolute Gasteiger partial charge is 0.378 e. The van der Waals surface area contributed by atoms with E-state index in [1.807, 2.05) is 6.07 Å². The van der Waals surface area contributed by atoms with Crippen molar-refractivity contribution in [3.05, 3.63) is 41.6 Å². The number of rotatable bonds is 4. The van der Waals surface area contributed by atoms with E-state index in [9.17, 15) is 13.2 Å². The molecule has 0 radical (unpaired) electrons. The third-order valence-corrected chi connectivity index (χ3v) is 5.16. The molecule has 1 saturated heterocycles. The molecule has 0 aliphatic carbocycles. The van der Waals surface area contributed by atoms with Crippen molar-refractivity contribution >= 4 is 21.7 Å². The van der Waals surface area contributed by atoms with Crippen molar-refractivity contribution in [3.63, 3.8) is 0 Å². The second-order valence-corrected chi connectivity index (χ2v) is 7.47. The molecule has 3 rings (SSSR count). The molecule has 0 saturated carbocycles. The molecule has 128 valence electrons. The number of benzene rings is 1. The summed E-state index contributed by atoms with van der Waals surface area (Å²) in [6.07, 6.45) is 1.17. The summed E-state index contributed by atoms with van der Waals surface area (Å²) < 4.78 is 29.5. The number of ketones is 1. The minimum atomic E-state index is -3.23. The van der Waals surface area contributed by atoms with Crippen LogP contribution in [0, 0.1) is 0 Å². The van der Waals surface area contributed by atoms with Gasteiger partial charge in [-0.2, -0.15) is 4.31 Å². The molecule has 1 aromatic heterocycles. The number of hydrogen-bond donors (Lipinski definition) is 1. The SMILES string of the molecule is CS(=O)(=O)N1CCN([n+]2noc(N)c2C(=O)c2ccccc2)CC1. The van der Waals surface area contributed by atoms with Crippen LogP contribution in [0.5, 0.6) is 0 Å². The molecule has 24 heavy (non-hydrogen) atoms. The van der Waals surface area contributed by atoms with Gasteiger partial charge >= 0.3 is 11.6 Å². The number of anilines is 1. The van der Waals surface area contributed by atoms with Gasteiger partial charge in [0.05, 0.1) is 24.1 Å². The van der Waals surface area contributed by atoms with Crippen LogP contribution in [-0.4, -0.2) is 56.2 Å². The summed E-state index contributed by atoms with van der Waals surface area (Å²) in [4.78, 5) is 14.0. The van der Waals surface area contributed by atoms with Crippen molar-refractivity contribution in [2.24, 2.45) is 0 Å². The van der Waals surface area contributed by atoms with Crippen LogP contribution in [0.15, 0.2) is 34.9 Å². The molecular formula is C14H18N5O4S+. The van der Waals surface area contributed by atoms with E-state index in [-0.39, 0.29) is 17.4 Å². The van der Waals surface area contributed by atoms with E-state index < -0.39 is 10.0 Å². The first-order valence-corrected chi connectivity index (χ1v) is 9.20. The van der Waals surface area contributed by atoms with Crippen LogP contribution in [0.4, 0.5) is 5.88 Å². The molecule has 2 N–H and O–H groups in total. The van der Waals surface area contributed by atoms with Crippen molar-refractivity contribution in [3.8, 4) is 0 Å². The van der Waals surface area contributed by atoms with E-state index in [0.717, 1.165) is 0 Å². The first kappa shape index (κ1) is 16.4. The highest BCUT2D eigenvalue weighted by molar-refractivity contribution is 7.88. The Bertz CT molecular complexity index is 841. The van der Waals surface area contributed by atoms with Gasteiger partial charge in [0.15, 0.2) is 0 Å². The minimum absolute atomic E-state index is 0.0746. The second kappa shape index (κ2) is 6.21. The molecule has 0 amide bonds. The Morgan fingerprint density at radius 1 is 1.21 bits per heavy atom. The zero-order chi connectivity index (χ0) is 17.3. The zero-order valence-corrected chi connectivity index (χ0v) is 13.9. The number of aromatic nitrogens is 2. The number of hydrogen-bond acceptors (Lipinski definition) is 7. The number of piperazine rings is 1. The molecular weight excluding hydrogens is 334 g/mol. The summed E-state index contributed by atoms with van der Waals surface area (Å²) in [6.45, 7) is 1.35. The molecule has 10 heteroatoms. The fourth-order valence-corrected chi connectivity index (χ4v) is 3.41. The van der Waals surface area contributed by atoms with Crippen LogP contribution < -0.4 is 15.5 Å². The smallest absolute Gasteiger partial charge is 0.361 e. The molecule has 1 aliphatic heterocycles. The maximum Gasteiger partial charge on any atom is 0.378 e. The molecule has 1 aliphatic rings. The van der Waals surface area contributed by atoms with Gasteiger partial charge in [0, 0.05) is 18.7 Å². The van der Waals surface area contributed by atoms with E-state index in [1.165, 1.54) is 15.4 Å². The van der Waals surface area contributed by atoms with Gasteiger partial charge in [0.25, 0.3) is 5.78 Å². The number of carbonyl (C=O) groups excluding carboxylic acids is 1. The summed E-state index contributed by atoms with van der Waals surface area (Å²) in [5.74, 6) is -0.380. The number of nitrogens with two attached hydrogens (primary N) is 1. The summed E-state index contributed by atoms with van der Waals surface area (Å²) in [5.41, 5.74) is 6.38. The first-order valence-electron chi connectivity index (χ1n) is 7.35. The third kappa shape index (κ3) is 3.10. The van der Waals surface area contributed by atoms with E-state index in [4.69, 9.17) is 10.3 Å². The summed E-state index contributed by atoms with van der Waals surface area (Å²) in [6, 6.07) is 8.69. The van der Waals surface area contributed by atoms with Gasteiger partial charge in [0.2, 0.25) is 15.3 Å². The summed E-state index contributed by atoms with van der Waals surface area (Å²) >= 11 is 0. The quantitative estimate of drug-likeness (QED) is 0.554. The highest BCUT2D eigenvalue weighted by Crippen LogP contribution is 2.13. The first-order chi connectivity index (χ1) is 11.4.